The Kier molecular flexibility index (Phi) is 5.63. The number of aryl methyl sites for hydroxylation is 1. The number of nitrogens with zero attached hydrogens (tertiary/aromatic N) is 2. The van der Waals surface area contributed by atoms with Gasteiger partial charge in [0.1, 0.15) is 0 Å². The highest BCUT2D eigenvalue weighted by atomic mass is 79.9. The van der Waals surface area contributed by atoms with Crippen molar-refractivity contribution in [2.45, 2.75) is 23.5 Å². The fraction of sp³-hybridized carbons (Fsp3) is 0.412. The Bertz CT molecular complexity index is 713. The molecule has 2 heterocycles. The molecule has 1 saturated heterocycles. The third-order valence-corrected chi connectivity index (χ3v) is 5.76. The Morgan fingerprint density at radius 3 is 2.92 bits per heavy atom. The van der Waals surface area contributed by atoms with Crippen molar-refractivity contribution in [3.8, 4) is 0 Å². The maximum absolute atomic E-state index is 12.6. The molecule has 24 heavy (non-hydrogen) atoms. The van der Waals surface area contributed by atoms with E-state index in [4.69, 9.17) is 4.74 Å². The number of benzene rings is 1. The van der Waals surface area contributed by atoms with Crippen LogP contribution in [0.1, 0.15) is 18.4 Å². The lowest BCUT2D eigenvalue weighted by Crippen LogP contribution is -2.50. The molecule has 1 N–H and O–H groups in total. The Hall–Kier alpha value is -1.31. The van der Waals surface area contributed by atoms with Gasteiger partial charge >= 0.3 is 0 Å². The third kappa shape index (κ3) is 4.02. The van der Waals surface area contributed by atoms with Crippen molar-refractivity contribution in [2.24, 2.45) is 7.05 Å². The first-order chi connectivity index (χ1) is 11.6. The van der Waals surface area contributed by atoms with E-state index in [2.05, 4.69) is 38.4 Å². The summed E-state index contributed by atoms with van der Waals surface area (Å²) in [6.45, 7) is 1.30. The average molecular weight is 410 g/mol. The maximum Gasteiger partial charge on any atom is 0.231 e. The van der Waals surface area contributed by atoms with Crippen LogP contribution in [0.15, 0.2) is 46.3 Å². The van der Waals surface area contributed by atoms with E-state index in [1.54, 1.807) is 6.20 Å². The number of ether oxygens (including phenoxy) is 1. The molecule has 1 aliphatic heterocycles. The molecule has 5 nitrogen and oxygen atoms in total. The number of imidazole rings is 1. The second-order valence-electron chi connectivity index (χ2n) is 5.86. The van der Waals surface area contributed by atoms with E-state index < -0.39 is 0 Å². The van der Waals surface area contributed by atoms with Gasteiger partial charge in [0, 0.05) is 37.1 Å². The van der Waals surface area contributed by atoms with Crippen molar-refractivity contribution in [3.63, 3.8) is 0 Å². The van der Waals surface area contributed by atoms with Crippen LogP contribution < -0.4 is 5.32 Å². The predicted octanol–water partition coefficient (Wildman–Crippen LogP) is 3.10. The van der Waals surface area contributed by atoms with Gasteiger partial charge in [-0.15, -0.1) is 0 Å². The standard InChI is InChI=1S/C17H20BrN3O2S/c1-21-8-7-19-16(21)24-12-15(22)20-17(5-9-23-10-6-17)13-3-2-4-14(18)11-13/h2-4,7-8,11H,5-6,9-10,12H2,1H3,(H,20,22). The monoisotopic (exact) mass is 409 g/mol. The molecule has 128 valence electrons. The molecule has 1 aromatic heterocycles. The number of hydrogen-bond acceptors (Lipinski definition) is 4. The Balaban J connectivity index is 1.72. The lowest BCUT2D eigenvalue weighted by atomic mass is 9.82. The van der Waals surface area contributed by atoms with Gasteiger partial charge in [-0.2, -0.15) is 0 Å². The van der Waals surface area contributed by atoms with Gasteiger partial charge in [0.15, 0.2) is 5.16 Å². The largest absolute Gasteiger partial charge is 0.381 e. The number of carbonyl (C=O) groups is 1. The molecule has 1 amide bonds. The van der Waals surface area contributed by atoms with E-state index in [0.29, 0.717) is 19.0 Å². The summed E-state index contributed by atoms with van der Waals surface area (Å²) in [6.07, 6.45) is 5.17. The van der Waals surface area contributed by atoms with Crippen molar-refractivity contribution in [3.05, 3.63) is 46.7 Å². The molecule has 1 fully saturated rings. The summed E-state index contributed by atoms with van der Waals surface area (Å²) in [5, 5.41) is 4.10. The molecule has 0 bridgehead atoms. The zero-order valence-electron chi connectivity index (χ0n) is 13.5. The molecule has 0 radical (unpaired) electrons. The van der Waals surface area contributed by atoms with E-state index in [0.717, 1.165) is 28.0 Å². The number of rotatable bonds is 5. The molecule has 0 saturated carbocycles. The van der Waals surface area contributed by atoms with Crippen molar-refractivity contribution in [2.75, 3.05) is 19.0 Å². The zero-order valence-corrected chi connectivity index (χ0v) is 15.9. The molecule has 3 rings (SSSR count). The van der Waals surface area contributed by atoms with Crippen molar-refractivity contribution in [1.82, 2.24) is 14.9 Å². The van der Waals surface area contributed by atoms with Crippen molar-refractivity contribution < 1.29 is 9.53 Å². The van der Waals surface area contributed by atoms with Crippen LogP contribution in [0.5, 0.6) is 0 Å². The minimum Gasteiger partial charge on any atom is -0.381 e. The highest BCUT2D eigenvalue weighted by Gasteiger charge is 2.36. The van der Waals surface area contributed by atoms with Gasteiger partial charge in [-0.3, -0.25) is 4.79 Å². The lowest BCUT2D eigenvalue weighted by molar-refractivity contribution is -0.121. The quantitative estimate of drug-likeness (QED) is 0.770. The van der Waals surface area contributed by atoms with Gasteiger partial charge in [-0.05, 0) is 30.5 Å². The molecular weight excluding hydrogens is 390 g/mol. The van der Waals surface area contributed by atoms with Gasteiger partial charge in [0.2, 0.25) is 5.91 Å². The molecule has 0 aliphatic carbocycles. The summed E-state index contributed by atoms with van der Waals surface area (Å²) in [6, 6.07) is 8.15. The van der Waals surface area contributed by atoms with Crippen LogP contribution in [0.2, 0.25) is 0 Å². The van der Waals surface area contributed by atoms with E-state index in [-0.39, 0.29) is 11.4 Å². The number of carbonyl (C=O) groups excluding carboxylic acids is 1. The summed E-state index contributed by atoms with van der Waals surface area (Å²) in [5.41, 5.74) is 0.761. The summed E-state index contributed by atoms with van der Waals surface area (Å²) in [5.74, 6) is 0.367. The molecule has 0 atom stereocenters. The molecule has 7 heteroatoms. The first-order valence-electron chi connectivity index (χ1n) is 7.84. The van der Waals surface area contributed by atoms with Crippen molar-refractivity contribution in [1.29, 1.82) is 0 Å². The summed E-state index contributed by atoms with van der Waals surface area (Å²) in [4.78, 5) is 16.8. The Morgan fingerprint density at radius 2 is 2.25 bits per heavy atom. The first kappa shape index (κ1) is 17.5. The molecule has 2 aromatic rings. The summed E-state index contributed by atoms with van der Waals surface area (Å²) < 4.78 is 8.44. The number of amides is 1. The van der Waals surface area contributed by atoms with Gasteiger partial charge in [0.25, 0.3) is 0 Å². The fourth-order valence-corrected chi connectivity index (χ4v) is 4.05. The number of halogens is 1. The van der Waals surface area contributed by atoms with Gasteiger partial charge in [-0.1, -0.05) is 39.8 Å². The van der Waals surface area contributed by atoms with Crippen LogP contribution >= 0.6 is 27.7 Å². The Labute approximate surface area is 154 Å². The predicted molar refractivity (Wildman–Crippen MR) is 97.9 cm³/mol. The van der Waals surface area contributed by atoms with E-state index in [9.17, 15) is 4.79 Å². The molecule has 1 aliphatic rings. The van der Waals surface area contributed by atoms with Crippen LogP contribution in [0.25, 0.3) is 0 Å². The fourth-order valence-electron chi connectivity index (χ4n) is 2.92. The first-order valence-corrected chi connectivity index (χ1v) is 9.62. The molecule has 0 spiro atoms. The lowest BCUT2D eigenvalue weighted by Gasteiger charge is -2.38. The number of nitrogens with one attached hydrogen (secondary N) is 1. The maximum atomic E-state index is 12.6. The van der Waals surface area contributed by atoms with Gasteiger partial charge in [0.05, 0.1) is 11.3 Å². The SMILES string of the molecule is Cn1ccnc1SCC(=O)NC1(c2cccc(Br)c2)CCOCC1. The minimum atomic E-state index is -0.360. The highest BCUT2D eigenvalue weighted by Crippen LogP contribution is 2.33. The molecule has 0 unspecified atom stereocenters. The second kappa shape index (κ2) is 7.72. The van der Waals surface area contributed by atoms with Crippen LogP contribution in [0.3, 0.4) is 0 Å². The molecule has 1 aromatic carbocycles. The second-order valence-corrected chi connectivity index (χ2v) is 7.72. The number of hydrogen-bond donors (Lipinski definition) is 1. The third-order valence-electron chi connectivity index (χ3n) is 4.21. The smallest absolute Gasteiger partial charge is 0.231 e. The van der Waals surface area contributed by atoms with E-state index in [1.165, 1.54) is 11.8 Å². The number of aromatic nitrogens is 2. The van der Waals surface area contributed by atoms with Crippen LogP contribution in [0.4, 0.5) is 0 Å². The highest BCUT2D eigenvalue weighted by molar-refractivity contribution is 9.10. The van der Waals surface area contributed by atoms with Crippen LogP contribution in [-0.4, -0.2) is 34.4 Å². The van der Waals surface area contributed by atoms with E-state index in [1.807, 2.05) is 29.9 Å². The zero-order chi connectivity index (χ0) is 17.0. The molecular formula is C17H20BrN3O2S. The van der Waals surface area contributed by atoms with Crippen LogP contribution in [0, 0.1) is 0 Å². The van der Waals surface area contributed by atoms with E-state index >= 15 is 0 Å². The summed E-state index contributed by atoms with van der Waals surface area (Å²) >= 11 is 4.97. The Morgan fingerprint density at radius 1 is 1.46 bits per heavy atom. The minimum absolute atomic E-state index is 0.0184. The topological polar surface area (TPSA) is 56.2 Å². The normalized spacial score (nSPS) is 16.8. The van der Waals surface area contributed by atoms with Crippen LogP contribution in [-0.2, 0) is 22.1 Å². The average Bonchev–Trinajstić information content (AvgIpc) is 2.99. The van der Waals surface area contributed by atoms with Gasteiger partial charge in [-0.25, -0.2) is 4.98 Å². The van der Waals surface area contributed by atoms with Gasteiger partial charge < -0.3 is 14.6 Å². The summed E-state index contributed by atoms with van der Waals surface area (Å²) in [7, 11) is 1.93. The number of thioether (sulfide) groups is 1. The van der Waals surface area contributed by atoms with Crippen molar-refractivity contribution >= 4 is 33.6 Å².